The standard InChI is InChI=1S/C16H22F2N2O2/c1-16(2,3)22-15(21)20-7-6-19-13(10-20)8-11-4-5-12(17)9-14(11)18/h4-5,9,13,19H,6-8,10H2,1-3H3/t13-/m0/s1. The molecule has 1 atom stereocenters. The summed E-state index contributed by atoms with van der Waals surface area (Å²) in [4.78, 5) is 13.7. The zero-order chi connectivity index (χ0) is 16.3. The third kappa shape index (κ3) is 4.66. The van der Waals surface area contributed by atoms with Crippen LogP contribution in [0.1, 0.15) is 26.3 Å². The zero-order valence-electron chi connectivity index (χ0n) is 13.2. The highest BCUT2D eigenvalue weighted by Crippen LogP contribution is 2.15. The molecule has 1 heterocycles. The van der Waals surface area contributed by atoms with Gasteiger partial charge in [0, 0.05) is 31.7 Å². The minimum absolute atomic E-state index is 0.0822. The monoisotopic (exact) mass is 312 g/mol. The molecule has 0 saturated carbocycles. The van der Waals surface area contributed by atoms with Gasteiger partial charge in [0.15, 0.2) is 0 Å². The average molecular weight is 312 g/mol. The lowest BCUT2D eigenvalue weighted by atomic mass is 10.0. The molecule has 1 fully saturated rings. The number of hydrogen-bond donors (Lipinski definition) is 1. The number of nitrogens with zero attached hydrogens (tertiary/aromatic N) is 1. The molecule has 0 radical (unpaired) electrons. The van der Waals surface area contributed by atoms with Crippen molar-refractivity contribution in [1.29, 1.82) is 0 Å². The van der Waals surface area contributed by atoms with E-state index < -0.39 is 17.2 Å². The second-order valence-corrected chi connectivity index (χ2v) is 6.52. The topological polar surface area (TPSA) is 41.6 Å². The van der Waals surface area contributed by atoms with Crippen LogP contribution in [0.25, 0.3) is 0 Å². The number of rotatable bonds is 2. The number of hydrogen-bond acceptors (Lipinski definition) is 3. The van der Waals surface area contributed by atoms with E-state index in [1.165, 1.54) is 12.1 Å². The summed E-state index contributed by atoms with van der Waals surface area (Å²) in [6.07, 6.45) is 0.0318. The molecule has 122 valence electrons. The smallest absolute Gasteiger partial charge is 0.410 e. The Hall–Kier alpha value is -1.69. The van der Waals surface area contributed by atoms with Crippen LogP contribution in [-0.2, 0) is 11.2 Å². The minimum atomic E-state index is -0.590. The SMILES string of the molecule is CC(C)(C)OC(=O)N1CCN[C@@H](Cc2ccc(F)cc2F)C1. The lowest BCUT2D eigenvalue weighted by molar-refractivity contribution is 0.0195. The van der Waals surface area contributed by atoms with Crippen LogP contribution < -0.4 is 5.32 Å². The molecule has 0 aliphatic carbocycles. The highest BCUT2D eigenvalue weighted by Gasteiger charge is 2.27. The Morgan fingerprint density at radius 2 is 2.14 bits per heavy atom. The third-order valence-corrected chi connectivity index (χ3v) is 3.39. The molecule has 2 rings (SSSR count). The van der Waals surface area contributed by atoms with Crippen LogP contribution in [-0.4, -0.2) is 42.3 Å². The van der Waals surface area contributed by atoms with Gasteiger partial charge >= 0.3 is 6.09 Å². The molecule has 0 bridgehead atoms. The Bertz CT molecular complexity index is 543. The third-order valence-electron chi connectivity index (χ3n) is 3.39. The quantitative estimate of drug-likeness (QED) is 0.913. The van der Waals surface area contributed by atoms with E-state index >= 15 is 0 Å². The molecule has 1 N–H and O–H groups in total. The van der Waals surface area contributed by atoms with Gasteiger partial charge in [-0.25, -0.2) is 13.6 Å². The fraction of sp³-hybridized carbons (Fsp3) is 0.562. The first-order valence-corrected chi connectivity index (χ1v) is 7.40. The molecule has 0 unspecified atom stereocenters. The lowest BCUT2D eigenvalue weighted by Crippen LogP contribution is -2.54. The van der Waals surface area contributed by atoms with Crippen molar-refractivity contribution in [3.8, 4) is 0 Å². The predicted molar refractivity (Wildman–Crippen MR) is 79.7 cm³/mol. The maximum absolute atomic E-state index is 13.7. The molecular formula is C16H22F2N2O2. The Balaban J connectivity index is 1.97. The summed E-state index contributed by atoms with van der Waals surface area (Å²) in [5.41, 5.74) is -0.106. The summed E-state index contributed by atoms with van der Waals surface area (Å²) in [5, 5.41) is 3.25. The van der Waals surface area contributed by atoms with Crippen molar-refractivity contribution >= 4 is 6.09 Å². The molecular weight excluding hydrogens is 290 g/mol. The van der Waals surface area contributed by atoms with Gasteiger partial charge in [0.25, 0.3) is 0 Å². The summed E-state index contributed by atoms with van der Waals surface area (Å²) in [7, 11) is 0. The van der Waals surface area contributed by atoms with Crippen molar-refractivity contribution in [2.75, 3.05) is 19.6 Å². The number of nitrogens with one attached hydrogen (secondary N) is 1. The molecule has 1 saturated heterocycles. The van der Waals surface area contributed by atoms with E-state index in [0.29, 0.717) is 31.6 Å². The van der Waals surface area contributed by atoms with E-state index in [4.69, 9.17) is 4.74 Å². The molecule has 1 aliphatic rings. The van der Waals surface area contributed by atoms with Gasteiger partial charge < -0.3 is 15.0 Å². The molecule has 1 aliphatic heterocycles. The van der Waals surface area contributed by atoms with Crippen LogP contribution in [0.5, 0.6) is 0 Å². The summed E-state index contributed by atoms with van der Waals surface area (Å²) in [6.45, 7) is 7.06. The van der Waals surface area contributed by atoms with Gasteiger partial charge in [0.1, 0.15) is 17.2 Å². The second-order valence-electron chi connectivity index (χ2n) is 6.52. The highest BCUT2D eigenvalue weighted by molar-refractivity contribution is 5.68. The Morgan fingerprint density at radius 3 is 2.77 bits per heavy atom. The first-order chi connectivity index (χ1) is 10.2. The molecule has 1 aromatic carbocycles. The summed E-state index contributed by atoms with van der Waals surface area (Å²) >= 11 is 0. The van der Waals surface area contributed by atoms with Crippen LogP contribution in [0.2, 0.25) is 0 Å². The maximum Gasteiger partial charge on any atom is 0.410 e. The predicted octanol–water partition coefficient (Wildman–Crippen LogP) is 2.72. The van der Waals surface area contributed by atoms with Crippen molar-refractivity contribution in [2.45, 2.75) is 38.8 Å². The van der Waals surface area contributed by atoms with Crippen molar-refractivity contribution in [2.24, 2.45) is 0 Å². The highest BCUT2D eigenvalue weighted by atomic mass is 19.1. The van der Waals surface area contributed by atoms with E-state index in [-0.39, 0.29) is 12.1 Å². The Kier molecular flexibility index (Phi) is 5.01. The van der Waals surface area contributed by atoms with E-state index in [1.807, 2.05) is 20.8 Å². The first-order valence-electron chi connectivity index (χ1n) is 7.40. The Morgan fingerprint density at radius 1 is 1.41 bits per heavy atom. The second kappa shape index (κ2) is 6.60. The maximum atomic E-state index is 13.7. The minimum Gasteiger partial charge on any atom is -0.444 e. The normalized spacial score (nSPS) is 19.1. The van der Waals surface area contributed by atoms with E-state index in [0.717, 1.165) is 6.07 Å². The van der Waals surface area contributed by atoms with Crippen LogP contribution in [0.4, 0.5) is 13.6 Å². The van der Waals surface area contributed by atoms with E-state index in [9.17, 15) is 13.6 Å². The van der Waals surface area contributed by atoms with Gasteiger partial charge in [-0.2, -0.15) is 0 Å². The molecule has 0 aromatic heterocycles. The van der Waals surface area contributed by atoms with Crippen molar-refractivity contribution in [3.05, 3.63) is 35.4 Å². The summed E-state index contributed by atoms with van der Waals surface area (Å²) in [6, 6.07) is 3.48. The summed E-state index contributed by atoms with van der Waals surface area (Å²) in [5.74, 6) is -1.15. The van der Waals surface area contributed by atoms with Gasteiger partial charge in [-0.05, 0) is 38.8 Å². The van der Waals surface area contributed by atoms with Crippen molar-refractivity contribution in [3.63, 3.8) is 0 Å². The number of piperazine rings is 1. The number of amides is 1. The van der Waals surface area contributed by atoms with Crippen LogP contribution >= 0.6 is 0 Å². The number of halogens is 2. The van der Waals surface area contributed by atoms with Gasteiger partial charge in [-0.1, -0.05) is 6.07 Å². The molecule has 6 heteroatoms. The number of carbonyl (C=O) groups is 1. The van der Waals surface area contributed by atoms with Gasteiger partial charge in [-0.3, -0.25) is 0 Å². The zero-order valence-corrected chi connectivity index (χ0v) is 13.2. The fourth-order valence-electron chi connectivity index (χ4n) is 2.41. The van der Waals surface area contributed by atoms with Gasteiger partial charge in [0.05, 0.1) is 0 Å². The van der Waals surface area contributed by atoms with Crippen LogP contribution in [0, 0.1) is 11.6 Å². The lowest BCUT2D eigenvalue weighted by Gasteiger charge is -2.35. The van der Waals surface area contributed by atoms with Gasteiger partial charge in [-0.15, -0.1) is 0 Å². The van der Waals surface area contributed by atoms with E-state index in [1.54, 1.807) is 4.90 Å². The number of benzene rings is 1. The Labute approximate surface area is 129 Å². The number of carbonyl (C=O) groups excluding carboxylic acids is 1. The molecule has 1 amide bonds. The van der Waals surface area contributed by atoms with Crippen molar-refractivity contribution in [1.82, 2.24) is 10.2 Å². The molecule has 4 nitrogen and oxygen atoms in total. The summed E-state index contributed by atoms with van der Waals surface area (Å²) < 4.78 is 32.0. The number of ether oxygens (including phenoxy) is 1. The molecule has 0 spiro atoms. The van der Waals surface area contributed by atoms with E-state index in [2.05, 4.69) is 5.32 Å². The van der Waals surface area contributed by atoms with Crippen LogP contribution in [0.3, 0.4) is 0 Å². The first kappa shape index (κ1) is 16.7. The average Bonchev–Trinajstić information content (AvgIpc) is 2.40. The van der Waals surface area contributed by atoms with Crippen molar-refractivity contribution < 1.29 is 18.3 Å². The molecule has 1 aromatic rings. The molecule has 22 heavy (non-hydrogen) atoms. The fourth-order valence-corrected chi connectivity index (χ4v) is 2.41. The van der Waals surface area contributed by atoms with Gasteiger partial charge in [0.2, 0.25) is 0 Å². The van der Waals surface area contributed by atoms with Crippen LogP contribution in [0.15, 0.2) is 18.2 Å². The largest absolute Gasteiger partial charge is 0.444 e.